The van der Waals surface area contributed by atoms with Crippen LogP contribution in [-0.4, -0.2) is 39.1 Å². The second-order valence-corrected chi connectivity index (χ2v) is 4.68. The van der Waals surface area contributed by atoms with Gasteiger partial charge in [-0.05, 0) is 13.3 Å². The van der Waals surface area contributed by atoms with Gasteiger partial charge in [0.1, 0.15) is 0 Å². The number of hydrogen-bond donors (Lipinski definition) is 2. The number of rotatable bonds is 4. The maximum absolute atomic E-state index is 11.9. The summed E-state index contributed by atoms with van der Waals surface area (Å²) in [6.07, 6.45) is 0.723. The Bertz CT molecular complexity index is 577. The van der Waals surface area contributed by atoms with E-state index in [9.17, 15) is 9.59 Å². The average molecular weight is 269 g/mol. The van der Waals surface area contributed by atoms with Crippen LogP contribution in [0.4, 0.5) is 5.82 Å². The molecular weight excluding hydrogens is 250 g/mol. The number of hydrogen-bond acceptors (Lipinski definition) is 6. The fourth-order valence-electron chi connectivity index (χ4n) is 2.17. The summed E-state index contributed by atoms with van der Waals surface area (Å²) in [4.78, 5) is 23.5. The minimum atomic E-state index is -0.463. The van der Waals surface area contributed by atoms with Gasteiger partial charge >= 0.3 is 5.69 Å². The predicted molar refractivity (Wildman–Crippen MR) is 70.1 cm³/mol. The third-order valence-electron chi connectivity index (χ3n) is 3.37. The molecule has 8 nitrogen and oxygen atoms in total. The van der Waals surface area contributed by atoms with Crippen LogP contribution in [0.15, 0.2) is 9.59 Å². The van der Waals surface area contributed by atoms with Gasteiger partial charge in [0.15, 0.2) is 0 Å². The van der Waals surface area contributed by atoms with E-state index >= 15 is 0 Å². The van der Waals surface area contributed by atoms with Crippen molar-refractivity contribution in [2.75, 3.05) is 11.9 Å². The Morgan fingerprint density at radius 1 is 1.47 bits per heavy atom. The second kappa shape index (κ2) is 5.14. The second-order valence-electron chi connectivity index (χ2n) is 4.68. The molecule has 8 heteroatoms. The molecule has 0 saturated heterocycles. The molecule has 106 valence electrons. The Labute approximate surface area is 110 Å². The van der Waals surface area contributed by atoms with Gasteiger partial charge < -0.3 is 15.8 Å². The largest absolute Gasteiger partial charge is 0.376 e. The number of anilines is 1. The van der Waals surface area contributed by atoms with Crippen LogP contribution in [0.5, 0.6) is 0 Å². The smallest absolute Gasteiger partial charge is 0.346 e. The maximum Gasteiger partial charge on any atom is 0.346 e. The molecule has 1 heterocycles. The van der Waals surface area contributed by atoms with Crippen LogP contribution in [-0.2, 0) is 18.8 Å². The zero-order chi connectivity index (χ0) is 14.2. The van der Waals surface area contributed by atoms with Gasteiger partial charge in [-0.25, -0.2) is 9.48 Å². The molecular formula is C11H19N5O3. The summed E-state index contributed by atoms with van der Waals surface area (Å²) in [5, 5.41) is 6.92. The summed E-state index contributed by atoms with van der Waals surface area (Å²) < 4.78 is 7.63. The van der Waals surface area contributed by atoms with Gasteiger partial charge in [-0.2, -0.15) is 0 Å². The standard InChI is InChI=1S/C11H19N5O3/c1-4-19-7-5-6(12)8(7)13-9-10(17)15(2)11(18)16(3)14-9/h6-8H,4-5,12H2,1-3H3,(H,13,14). The predicted octanol–water partition coefficient (Wildman–Crippen LogP) is -1.60. The first-order valence-electron chi connectivity index (χ1n) is 6.23. The first-order valence-corrected chi connectivity index (χ1v) is 6.23. The molecule has 1 fully saturated rings. The molecule has 19 heavy (non-hydrogen) atoms. The van der Waals surface area contributed by atoms with Crippen molar-refractivity contribution in [2.45, 2.75) is 31.5 Å². The molecule has 1 aromatic rings. The van der Waals surface area contributed by atoms with Gasteiger partial charge in [-0.3, -0.25) is 9.36 Å². The van der Waals surface area contributed by atoms with Gasteiger partial charge in [-0.15, -0.1) is 5.10 Å². The van der Waals surface area contributed by atoms with Crippen LogP contribution in [0, 0.1) is 0 Å². The number of nitrogens with two attached hydrogens (primary N) is 1. The molecule has 0 spiro atoms. The molecule has 2 rings (SSSR count). The highest BCUT2D eigenvalue weighted by Gasteiger charge is 2.40. The fraction of sp³-hybridized carbons (Fsp3) is 0.727. The molecule has 0 radical (unpaired) electrons. The number of aromatic nitrogens is 3. The van der Waals surface area contributed by atoms with E-state index < -0.39 is 11.2 Å². The molecule has 0 aromatic carbocycles. The molecule has 3 N–H and O–H groups in total. The van der Waals surface area contributed by atoms with Crippen molar-refractivity contribution in [3.8, 4) is 0 Å². The van der Waals surface area contributed by atoms with Crippen molar-refractivity contribution in [3.63, 3.8) is 0 Å². The van der Waals surface area contributed by atoms with Crippen molar-refractivity contribution in [3.05, 3.63) is 20.8 Å². The van der Waals surface area contributed by atoms with E-state index in [4.69, 9.17) is 10.5 Å². The Kier molecular flexibility index (Phi) is 3.72. The van der Waals surface area contributed by atoms with E-state index in [1.807, 2.05) is 6.92 Å². The monoisotopic (exact) mass is 269 g/mol. The molecule has 0 bridgehead atoms. The Balaban J connectivity index is 2.24. The van der Waals surface area contributed by atoms with Crippen molar-refractivity contribution in [2.24, 2.45) is 19.8 Å². The number of nitrogens with one attached hydrogen (secondary N) is 1. The Morgan fingerprint density at radius 3 is 2.74 bits per heavy atom. The SMILES string of the molecule is CCOC1CC(N)C1Nc1nn(C)c(=O)n(C)c1=O. The number of nitrogens with zero attached hydrogens (tertiary/aromatic N) is 3. The molecule has 0 aliphatic heterocycles. The van der Waals surface area contributed by atoms with Gasteiger partial charge in [0.25, 0.3) is 5.56 Å². The van der Waals surface area contributed by atoms with Crippen LogP contribution in [0.25, 0.3) is 0 Å². The quantitative estimate of drug-likeness (QED) is 0.682. The zero-order valence-electron chi connectivity index (χ0n) is 11.3. The maximum atomic E-state index is 11.9. The molecule has 1 aromatic heterocycles. The lowest BCUT2D eigenvalue weighted by Crippen LogP contribution is -2.61. The van der Waals surface area contributed by atoms with Crippen LogP contribution in [0.3, 0.4) is 0 Å². The lowest BCUT2D eigenvalue weighted by Gasteiger charge is -2.42. The highest BCUT2D eigenvalue weighted by atomic mass is 16.5. The van der Waals surface area contributed by atoms with Crippen LogP contribution in [0.2, 0.25) is 0 Å². The van der Waals surface area contributed by atoms with Crippen LogP contribution < -0.4 is 22.3 Å². The average Bonchev–Trinajstić information content (AvgIpc) is 2.38. The molecule has 0 amide bonds. The lowest BCUT2D eigenvalue weighted by atomic mass is 9.83. The van der Waals surface area contributed by atoms with E-state index in [0.717, 1.165) is 15.7 Å². The van der Waals surface area contributed by atoms with Gasteiger partial charge in [0, 0.05) is 26.7 Å². The van der Waals surface area contributed by atoms with E-state index in [1.54, 1.807) is 0 Å². The lowest BCUT2D eigenvalue weighted by molar-refractivity contribution is -0.0128. The summed E-state index contributed by atoms with van der Waals surface area (Å²) in [5.41, 5.74) is 4.98. The highest BCUT2D eigenvalue weighted by Crippen LogP contribution is 2.24. The van der Waals surface area contributed by atoms with Crippen molar-refractivity contribution in [1.29, 1.82) is 0 Å². The summed E-state index contributed by atoms with van der Waals surface area (Å²) in [6.45, 7) is 2.50. The Hall–Kier alpha value is -1.67. The van der Waals surface area contributed by atoms with Crippen molar-refractivity contribution < 1.29 is 4.74 Å². The summed E-state index contributed by atoms with van der Waals surface area (Å²) in [6, 6.07) is -0.238. The van der Waals surface area contributed by atoms with Gasteiger partial charge in [0.05, 0.1) is 12.1 Å². The summed E-state index contributed by atoms with van der Waals surface area (Å²) in [7, 11) is 2.91. The van der Waals surface area contributed by atoms with E-state index in [0.29, 0.717) is 6.61 Å². The van der Waals surface area contributed by atoms with Crippen molar-refractivity contribution >= 4 is 5.82 Å². The summed E-state index contributed by atoms with van der Waals surface area (Å²) in [5.74, 6) is 0.120. The third kappa shape index (κ3) is 2.41. The van der Waals surface area contributed by atoms with E-state index in [2.05, 4.69) is 10.4 Å². The number of aryl methyl sites for hydroxylation is 1. The van der Waals surface area contributed by atoms with Gasteiger partial charge in [0.2, 0.25) is 5.82 Å². The molecule has 1 aliphatic carbocycles. The normalized spacial score (nSPS) is 26.0. The van der Waals surface area contributed by atoms with Crippen LogP contribution in [0.1, 0.15) is 13.3 Å². The van der Waals surface area contributed by atoms with Gasteiger partial charge in [-0.1, -0.05) is 0 Å². The molecule has 3 atom stereocenters. The van der Waals surface area contributed by atoms with E-state index in [1.165, 1.54) is 14.1 Å². The van der Waals surface area contributed by atoms with Crippen LogP contribution >= 0.6 is 0 Å². The van der Waals surface area contributed by atoms with Crippen molar-refractivity contribution in [1.82, 2.24) is 14.3 Å². The molecule has 3 unspecified atom stereocenters. The zero-order valence-corrected chi connectivity index (χ0v) is 11.3. The Morgan fingerprint density at radius 2 is 2.16 bits per heavy atom. The third-order valence-corrected chi connectivity index (χ3v) is 3.37. The first-order chi connectivity index (χ1) is 8.95. The minimum Gasteiger partial charge on any atom is -0.376 e. The molecule has 1 aliphatic rings. The summed E-state index contributed by atoms with van der Waals surface area (Å²) >= 11 is 0. The minimum absolute atomic E-state index is 0.0243. The number of ether oxygens (including phenoxy) is 1. The molecule has 1 saturated carbocycles. The van der Waals surface area contributed by atoms with E-state index in [-0.39, 0.29) is 24.0 Å². The topological polar surface area (TPSA) is 104 Å². The fourth-order valence-corrected chi connectivity index (χ4v) is 2.17. The first kappa shape index (κ1) is 13.8. The highest BCUT2D eigenvalue weighted by molar-refractivity contribution is 5.34.